The van der Waals surface area contributed by atoms with Crippen molar-refractivity contribution < 1.29 is 0 Å². The van der Waals surface area contributed by atoms with Gasteiger partial charge < -0.3 is 5.32 Å². The molecule has 0 aliphatic carbocycles. The van der Waals surface area contributed by atoms with E-state index in [1.54, 1.807) is 4.57 Å². The Labute approximate surface area is 94.7 Å². The molecular weight excluding hydrogens is 216 g/mol. The summed E-state index contributed by atoms with van der Waals surface area (Å²) in [6, 6.07) is 0. The Morgan fingerprint density at radius 2 is 2.40 bits per heavy atom. The Bertz CT molecular complexity index is 353. The predicted octanol–water partition coefficient (Wildman–Crippen LogP) is 0.480. The molecule has 1 fully saturated rings. The summed E-state index contributed by atoms with van der Waals surface area (Å²) in [5, 5.41) is 9.94. The van der Waals surface area contributed by atoms with Gasteiger partial charge in [0.2, 0.25) is 0 Å². The first-order chi connectivity index (χ1) is 6.83. The van der Waals surface area contributed by atoms with Crippen molar-refractivity contribution >= 4 is 12.4 Å². The van der Waals surface area contributed by atoms with E-state index < -0.39 is 0 Å². The van der Waals surface area contributed by atoms with Crippen molar-refractivity contribution in [2.45, 2.75) is 32.2 Å². The maximum Gasteiger partial charge on any atom is 0.343 e. The van der Waals surface area contributed by atoms with Crippen LogP contribution in [0.2, 0.25) is 0 Å². The average Bonchev–Trinajstić information content (AvgIpc) is 2.61. The highest BCUT2D eigenvalue weighted by Crippen LogP contribution is 2.19. The lowest BCUT2D eigenvalue weighted by Crippen LogP contribution is -2.31. The third kappa shape index (κ3) is 2.41. The van der Waals surface area contributed by atoms with Crippen molar-refractivity contribution in [1.82, 2.24) is 20.1 Å². The third-order valence-corrected chi connectivity index (χ3v) is 2.77. The lowest BCUT2D eigenvalue weighted by molar-refractivity contribution is 0.432. The fourth-order valence-corrected chi connectivity index (χ4v) is 2.02. The Morgan fingerprint density at radius 1 is 1.60 bits per heavy atom. The molecule has 1 aromatic rings. The van der Waals surface area contributed by atoms with Gasteiger partial charge in [0.15, 0.2) is 0 Å². The van der Waals surface area contributed by atoms with Gasteiger partial charge in [-0.2, -0.15) is 5.10 Å². The van der Waals surface area contributed by atoms with Crippen LogP contribution in [0.4, 0.5) is 0 Å². The normalized spacial score (nSPS) is 21.0. The van der Waals surface area contributed by atoms with E-state index in [9.17, 15) is 4.79 Å². The topological polar surface area (TPSA) is 62.7 Å². The molecule has 1 aromatic heterocycles. The predicted molar refractivity (Wildman–Crippen MR) is 60.6 cm³/mol. The van der Waals surface area contributed by atoms with Crippen LogP contribution in [0, 0.1) is 0 Å². The van der Waals surface area contributed by atoms with Crippen LogP contribution in [0.1, 0.15) is 31.5 Å². The van der Waals surface area contributed by atoms with Gasteiger partial charge in [0.25, 0.3) is 0 Å². The first-order valence-corrected chi connectivity index (χ1v) is 5.18. The number of aromatic amines is 1. The molecule has 1 aliphatic heterocycles. The molecule has 2 rings (SSSR count). The molecule has 2 N–H and O–H groups in total. The van der Waals surface area contributed by atoms with Gasteiger partial charge in [0.05, 0.1) is 0 Å². The van der Waals surface area contributed by atoms with Crippen molar-refractivity contribution in [2.75, 3.05) is 13.1 Å². The second-order valence-corrected chi connectivity index (χ2v) is 3.67. The van der Waals surface area contributed by atoms with E-state index >= 15 is 0 Å². The first kappa shape index (κ1) is 12.3. The Kier molecular flexibility index (Phi) is 4.35. The minimum Gasteiger partial charge on any atom is -0.316 e. The second-order valence-electron chi connectivity index (χ2n) is 3.67. The molecule has 1 aliphatic rings. The van der Waals surface area contributed by atoms with Gasteiger partial charge in [-0.25, -0.2) is 9.89 Å². The Morgan fingerprint density at radius 3 is 3.00 bits per heavy atom. The van der Waals surface area contributed by atoms with Crippen LogP contribution in [0.3, 0.4) is 0 Å². The van der Waals surface area contributed by atoms with Gasteiger partial charge in [-0.15, -0.1) is 12.4 Å². The number of nitrogens with one attached hydrogen (secondary N) is 2. The van der Waals surface area contributed by atoms with Crippen LogP contribution in [0.5, 0.6) is 0 Å². The van der Waals surface area contributed by atoms with Gasteiger partial charge in [0, 0.05) is 19.0 Å². The van der Waals surface area contributed by atoms with Crippen LogP contribution >= 0.6 is 12.4 Å². The van der Waals surface area contributed by atoms with Crippen molar-refractivity contribution in [3.05, 3.63) is 16.3 Å². The highest BCUT2D eigenvalue weighted by atomic mass is 35.5. The van der Waals surface area contributed by atoms with E-state index in [2.05, 4.69) is 15.5 Å². The maximum atomic E-state index is 11.3. The van der Waals surface area contributed by atoms with Crippen molar-refractivity contribution in [3.63, 3.8) is 0 Å². The van der Waals surface area contributed by atoms with E-state index in [-0.39, 0.29) is 18.1 Å². The van der Waals surface area contributed by atoms with E-state index in [0.29, 0.717) is 12.5 Å². The van der Waals surface area contributed by atoms with E-state index in [1.165, 1.54) is 0 Å². The van der Waals surface area contributed by atoms with Gasteiger partial charge in [0.1, 0.15) is 5.82 Å². The molecule has 6 heteroatoms. The van der Waals surface area contributed by atoms with Crippen molar-refractivity contribution in [2.24, 2.45) is 0 Å². The Balaban J connectivity index is 0.00000112. The minimum absolute atomic E-state index is 0. The average molecular weight is 233 g/mol. The molecule has 86 valence electrons. The second kappa shape index (κ2) is 5.32. The number of halogens is 1. The monoisotopic (exact) mass is 232 g/mol. The van der Waals surface area contributed by atoms with E-state index in [4.69, 9.17) is 0 Å². The van der Waals surface area contributed by atoms with Crippen LogP contribution in [-0.2, 0) is 6.54 Å². The largest absolute Gasteiger partial charge is 0.343 e. The lowest BCUT2D eigenvalue weighted by Gasteiger charge is -2.21. The van der Waals surface area contributed by atoms with Gasteiger partial charge in [-0.05, 0) is 26.3 Å². The summed E-state index contributed by atoms with van der Waals surface area (Å²) in [6.45, 7) is 4.68. The van der Waals surface area contributed by atoms with E-state index in [0.717, 1.165) is 31.8 Å². The molecule has 2 heterocycles. The zero-order chi connectivity index (χ0) is 9.97. The number of aromatic nitrogens is 3. The summed E-state index contributed by atoms with van der Waals surface area (Å²) < 4.78 is 1.72. The fourth-order valence-electron chi connectivity index (χ4n) is 2.02. The van der Waals surface area contributed by atoms with Crippen molar-refractivity contribution in [1.29, 1.82) is 0 Å². The summed E-state index contributed by atoms with van der Waals surface area (Å²) in [6.07, 6.45) is 2.28. The fraction of sp³-hybridized carbons (Fsp3) is 0.778. The summed E-state index contributed by atoms with van der Waals surface area (Å²) in [4.78, 5) is 11.3. The maximum absolute atomic E-state index is 11.3. The SMILES string of the molecule is CCn1c(C2CCCNC2)n[nH]c1=O.Cl. The van der Waals surface area contributed by atoms with Crippen LogP contribution in [-0.4, -0.2) is 27.9 Å². The Hall–Kier alpha value is -0.810. The minimum atomic E-state index is -0.0897. The highest BCUT2D eigenvalue weighted by Gasteiger charge is 2.20. The van der Waals surface area contributed by atoms with Gasteiger partial charge >= 0.3 is 5.69 Å². The molecule has 1 saturated heterocycles. The molecule has 1 unspecified atom stereocenters. The molecule has 0 saturated carbocycles. The summed E-state index contributed by atoms with van der Waals surface area (Å²) in [7, 11) is 0. The summed E-state index contributed by atoms with van der Waals surface area (Å²) in [5.41, 5.74) is -0.0897. The summed E-state index contributed by atoms with van der Waals surface area (Å²) >= 11 is 0. The number of rotatable bonds is 2. The molecule has 5 nitrogen and oxygen atoms in total. The number of nitrogens with zero attached hydrogens (tertiary/aromatic N) is 2. The third-order valence-electron chi connectivity index (χ3n) is 2.77. The first-order valence-electron chi connectivity index (χ1n) is 5.18. The standard InChI is InChI=1S/C9H16N4O.ClH/c1-2-13-8(11-12-9(13)14)7-4-3-5-10-6-7;/h7,10H,2-6H2,1H3,(H,12,14);1H. The molecule has 0 bridgehead atoms. The highest BCUT2D eigenvalue weighted by molar-refractivity contribution is 5.85. The number of hydrogen-bond donors (Lipinski definition) is 2. The molecule has 0 radical (unpaired) electrons. The lowest BCUT2D eigenvalue weighted by atomic mass is 9.99. The van der Waals surface area contributed by atoms with Crippen LogP contribution in [0.25, 0.3) is 0 Å². The van der Waals surface area contributed by atoms with Crippen LogP contribution in [0.15, 0.2) is 4.79 Å². The van der Waals surface area contributed by atoms with E-state index in [1.807, 2.05) is 6.92 Å². The van der Waals surface area contributed by atoms with Crippen LogP contribution < -0.4 is 11.0 Å². The molecule has 15 heavy (non-hydrogen) atoms. The number of piperidine rings is 1. The van der Waals surface area contributed by atoms with Gasteiger partial charge in [-0.3, -0.25) is 4.57 Å². The molecule has 0 aromatic carbocycles. The number of hydrogen-bond acceptors (Lipinski definition) is 3. The molecule has 1 atom stereocenters. The van der Waals surface area contributed by atoms with Gasteiger partial charge in [-0.1, -0.05) is 0 Å². The molecule has 0 amide bonds. The van der Waals surface area contributed by atoms with Crippen molar-refractivity contribution in [3.8, 4) is 0 Å². The smallest absolute Gasteiger partial charge is 0.316 e. The number of H-pyrrole nitrogens is 1. The quantitative estimate of drug-likeness (QED) is 0.780. The molecule has 0 spiro atoms. The molecular formula is C9H17ClN4O. The zero-order valence-corrected chi connectivity index (χ0v) is 9.64. The summed E-state index contributed by atoms with van der Waals surface area (Å²) in [5.74, 6) is 1.30. The zero-order valence-electron chi connectivity index (χ0n) is 8.82.